The van der Waals surface area contributed by atoms with Gasteiger partial charge in [0.2, 0.25) is 0 Å². The molecule has 4 nitrogen and oxygen atoms in total. The van der Waals surface area contributed by atoms with Crippen LogP contribution in [0.15, 0.2) is 23.3 Å². The number of carbonyl (C=O) groups excluding carboxylic acids is 1. The quantitative estimate of drug-likeness (QED) is 0.645. The summed E-state index contributed by atoms with van der Waals surface area (Å²) in [5.41, 5.74) is 2.35. The molecular formula is C12H14Cl2N2O2. The fourth-order valence-electron chi connectivity index (χ4n) is 1.08. The van der Waals surface area contributed by atoms with Gasteiger partial charge in [0.1, 0.15) is 5.75 Å². The summed E-state index contributed by atoms with van der Waals surface area (Å²) in [6.07, 6.45) is 3.45. The summed E-state index contributed by atoms with van der Waals surface area (Å²) in [4.78, 5) is 11.3. The second-order valence-electron chi connectivity index (χ2n) is 3.50. The highest BCUT2D eigenvalue weighted by Crippen LogP contribution is 2.27. The number of amides is 1. The van der Waals surface area contributed by atoms with Crippen LogP contribution >= 0.6 is 23.2 Å². The van der Waals surface area contributed by atoms with Crippen LogP contribution in [0.3, 0.4) is 0 Å². The molecule has 6 heteroatoms. The molecule has 1 N–H and O–H groups in total. The molecule has 1 rings (SSSR count). The minimum Gasteiger partial charge on any atom is -0.482 e. The lowest BCUT2D eigenvalue weighted by atomic mass is 10.3. The number of halogens is 2. The molecule has 0 heterocycles. The first-order valence-corrected chi connectivity index (χ1v) is 6.27. The molecule has 98 valence electrons. The van der Waals surface area contributed by atoms with E-state index in [1.165, 1.54) is 0 Å². The molecule has 0 aromatic heterocycles. The standard InChI is InChI=1S/C12H14Cl2N2O2/c1-2-3-6-15-16-12(17)8-18-11-5-4-9(13)7-10(11)14/h4-7H,2-3,8H2,1H3,(H,16,17)/b15-6-. The van der Waals surface area contributed by atoms with Crippen molar-refractivity contribution < 1.29 is 9.53 Å². The molecule has 0 aliphatic carbocycles. The van der Waals surface area contributed by atoms with Gasteiger partial charge in [0.05, 0.1) is 5.02 Å². The van der Waals surface area contributed by atoms with E-state index in [0.717, 1.165) is 12.8 Å². The van der Waals surface area contributed by atoms with Crippen molar-refractivity contribution in [2.24, 2.45) is 5.10 Å². The van der Waals surface area contributed by atoms with Gasteiger partial charge in [-0.3, -0.25) is 4.79 Å². The van der Waals surface area contributed by atoms with E-state index in [2.05, 4.69) is 10.5 Å². The first-order chi connectivity index (χ1) is 8.63. The van der Waals surface area contributed by atoms with Gasteiger partial charge in [-0.05, 0) is 24.6 Å². The number of hydrogen-bond acceptors (Lipinski definition) is 3. The van der Waals surface area contributed by atoms with Crippen molar-refractivity contribution in [1.29, 1.82) is 0 Å². The third kappa shape index (κ3) is 5.38. The maximum Gasteiger partial charge on any atom is 0.277 e. The number of hydrazone groups is 1. The summed E-state index contributed by atoms with van der Waals surface area (Å²) in [6.45, 7) is 1.88. The normalized spacial score (nSPS) is 10.6. The zero-order valence-electron chi connectivity index (χ0n) is 9.95. The molecule has 0 unspecified atom stereocenters. The van der Waals surface area contributed by atoms with Gasteiger partial charge in [-0.1, -0.05) is 36.5 Å². The van der Waals surface area contributed by atoms with Crippen LogP contribution in [-0.4, -0.2) is 18.7 Å². The first kappa shape index (κ1) is 14.8. The lowest BCUT2D eigenvalue weighted by Crippen LogP contribution is -2.24. The molecular weight excluding hydrogens is 275 g/mol. The van der Waals surface area contributed by atoms with Crippen molar-refractivity contribution in [2.45, 2.75) is 19.8 Å². The second kappa shape index (κ2) is 7.95. The monoisotopic (exact) mass is 288 g/mol. The molecule has 0 fully saturated rings. The topological polar surface area (TPSA) is 50.7 Å². The Balaban J connectivity index is 2.38. The largest absolute Gasteiger partial charge is 0.482 e. The molecule has 0 spiro atoms. The van der Waals surface area contributed by atoms with Gasteiger partial charge < -0.3 is 4.74 Å². The highest BCUT2D eigenvalue weighted by Gasteiger charge is 2.05. The summed E-state index contributed by atoms with van der Waals surface area (Å²) in [5.74, 6) is 0.0714. The highest BCUT2D eigenvalue weighted by molar-refractivity contribution is 6.35. The Kier molecular flexibility index (Phi) is 6.54. The third-order valence-corrected chi connectivity index (χ3v) is 2.48. The van der Waals surface area contributed by atoms with Crippen molar-refractivity contribution in [3.8, 4) is 5.75 Å². The van der Waals surface area contributed by atoms with E-state index in [9.17, 15) is 4.79 Å². The predicted octanol–water partition coefficient (Wildman–Crippen LogP) is 3.27. The predicted molar refractivity (Wildman–Crippen MR) is 73.5 cm³/mol. The number of hydrogen-bond donors (Lipinski definition) is 1. The van der Waals surface area contributed by atoms with Crippen LogP contribution in [0.1, 0.15) is 19.8 Å². The van der Waals surface area contributed by atoms with Crippen molar-refractivity contribution in [1.82, 2.24) is 5.43 Å². The Hall–Kier alpha value is -1.26. The summed E-state index contributed by atoms with van der Waals surface area (Å²) in [6, 6.07) is 4.80. The van der Waals surface area contributed by atoms with E-state index < -0.39 is 0 Å². The van der Waals surface area contributed by atoms with Crippen LogP contribution in [0.25, 0.3) is 0 Å². The second-order valence-corrected chi connectivity index (χ2v) is 4.34. The molecule has 0 saturated heterocycles. The molecule has 0 atom stereocenters. The number of carbonyl (C=O) groups is 1. The minimum atomic E-state index is -0.339. The van der Waals surface area contributed by atoms with Crippen molar-refractivity contribution in [3.63, 3.8) is 0 Å². The van der Waals surface area contributed by atoms with E-state index >= 15 is 0 Å². The van der Waals surface area contributed by atoms with Gasteiger partial charge >= 0.3 is 0 Å². The number of ether oxygens (including phenoxy) is 1. The Morgan fingerprint density at radius 2 is 2.28 bits per heavy atom. The summed E-state index contributed by atoms with van der Waals surface area (Å²) in [7, 11) is 0. The molecule has 1 aromatic carbocycles. The Morgan fingerprint density at radius 3 is 2.94 bits per heavy atom. The van der Waals surface area contributed by atoms with Crippen LogP contribution in [0, 0.1) is 0 Å². The van der Waals surface area contributed by atoms with Crippen LogP contribution < -0.4 is 10.2 Å². The maximum absolute atomic E-state index is 11.3. The Labute approximate surface area is 116 Å². The number of rotatable bonds is 6. The van der Waals surface area contributed by atoms with Crippen LogP contribution in [0.4, 0.5) is 0 Å². The van der Waals surface area contributed by atoms with Gasteiger partial charge in [0.25, 0.3) is 5.91 Å². The fraction of sp³-hybridized carbons (Fsp3) is 0.333. The maximum atomic E-state index is 11.3. The van der Waals surface area contributed by atoms with Gasteiger partial charge in [-0.15, -0.1) is 0 Å². The third-order valence-electron chi connectivity index (χ3n) is 1.95. The number of nitrogens with one attached hydrogen (secondary N) is 1. The average Bonchev–Trinajstić information content (AvgIpc) is 2.33. The molecule has 18 heavy (non-hydrogen) atoms. The summed E-state index contributed by atoms with van der Waals surface area (Å²) < 4.78 is 5.23. The van der Waals surface area contributed by atoms with Crippen LogP contribution in [-0.2, 0) is 4.79 Å². The zero-order chi connectivity index (χ0) is 13.4. The zero-order valence-corrected chi connectivity index (χ0v) is 11.5. The van der Waals surface area contributed by atoms with Crippen LogP contribution in [0.5, 0.6) is 5.75 Å². The number of unbranched alkanes of at least 4 members (excludes halogenated alkanes) is 1. The fourth-order valence-corrected chi connectivity index (χ4v) is 1.54. The average molecular weight is 289 g/mol. The molecule has 0 saturated carbocycles. The first-order valence-electron chi connectivity index (χ1n) is 5.51. The van der Waals surface area contributed by atoms with Gasteiger partial charge in [0.15, 0.2) is 6.61 Å². The smallest absolute Gasteiger partial charge is 0.277 e. The van der Waals surface area contributed by atoms with Crippen molar-refractivity contribution in [3.05, 3.63) is 28.2 Å². The van der Waals surface area contributed by atoms with E-state index in [4.69, 9.17) is 27.9 Å². The van der Waals surface area contributed by atoms with Gasteiger partial charge in [0, 0.05) is 11.2 Å². The minimum absolute atomic E-state index is 0.148. The molecule has 0 aliphatic heterocycles. The van der Waals surface area contributed by atoms with Crippen molar-refractivity contribution >= 4 is 35.3 Å². The lowest BCUT2D eigenvalue weighted by Gasteiger charge is -2.06. The molecule has 0 radical (unpaired) electrons. The van der Waals surface area contributed by atoms with Gasteiger partial charge in [-0.25, -0.2) is 5.43 Å². The number of benzene rings is 1. The summed E-state index contributed by atoms with van der Waals surface area (Å²) >= 11 is 11.6. The van der Waals surface area contributed by atoms with E-state index in [1.807, 2.05) is 6.92 Å². The van der Waals surface area contributed by atoms with Crippen molar-refractivity contribution in [2.75, 3.05) is 6.61 Å². The summed E-state index contributed by atoms with van der Waals surface area (Å²) in [5, 5.41) is 4.63. The molecule has 0 aliphatic rings. The van der Waals surface area contributed by atoms with E-state index in [0.29, 0.717) is 15.8 Å². The Bertz CT molecular complexity index is 436. The van der Waals surface area contributed by atoms with Gasteiger partial charge in [-0.2, -0.15) is 5.10 Å². The Morgan fingerprint density at radius 1 is 1.50 bits per heavy atom. The lowest BCUT2D eigenvalue weighted by molar-refractivity contribution is -0.123. The van der Waals surface area contributed by atoms with E-state index in [1.54, 1.807) is 24.4 Å². The molecule has 0 bridgehead atoms. The number of nitrogens with zero attached hydrogens (tertiary/aromatic N) is 1. The molecule has 1 aromatic rings. The molecule has 1 amide bonds. The van der Waals surface area contributed by atoms with E-state index in [-0.39, 0.29) is 12.5 Å². The highest BCUT2D eigenvalue weighted by atomic mass is 35.5. The SMILES string of the molecule is CCC/C=N\NC(=O)COc1ccc(Cl)cc1Cl. The van der Waals surface area contributed by atoms with Crippen LogP contribution in [0.2, 0.25) is 10.0 Å².